The molecule has 2 aromatic rings. The van der Waals surface area contributed by atoms with E-state index in [2.05, 4.69) is 5.32 Å². The highest BCUT2D eigenvalue weighted by atomic mass is 32.3. The normalized spacial score (nSPS) is 12.0. The number of nitro groups is 1. The third-order valence-corrected chi connectivity index (χ3v) is 3.26. The molecule has 0 heterocycles. The van der Waals surface area contributed by atoms with Crippen LogP contribution < -0.4 is 5.32 Å². The van der Waals surface area contributed by atoms with Crippen LogP contribution >= 0.6 is 0 Å². The highest BCUT2D eigenvalue weighted by molar-refractivity contribution is 7.79. The van der Waals surface area contributed by atoms with Crippen molar-refractivity contribution in [3.05, 3.63) is 75.8 Å². The molecule has 26 heavy (non-hydrogen) atoms. The van der Waals surface area contributed by atoms with Crippen LogP contribution in [0.15, 0.2) is 54.6 Å². The van der Waals surface area contributed by atoms with Crippen molar-refractivity contribution in [2.24, 2.45) is 0 Å². The molecule has 1 unspecified atom stereocenters. The van der Waals surface area contributed by atoms with Crippen LogP contribution in [-0.4, -0.2) is 40.6 Å². The van der Waals surface area contributed by atoms with Crippen molar-refractivity contribution in [2.45, 2.75) is 12.5 Å². The fourth-order valence-electron chi connectivity index (χ4n) is 2.05. The lowest BCUT2D eigenvalue weighted by Crippen LogP contribution is -2.23. The molecule has 10 heteroatoms. The van der Waals surface area contributed by atoms with Gasteiger partial charge >= 0.3 is 10.4 Å². The standard InChI is InChI=1S/C16H18N2O3.H2O4S/c19-16(14-4-2-1-3-5-14)12-17-11-10-13-6-8-15(9-7-13)18(20)21;1-5(2,3)4/h1-9,16-17,19H,10-12H2;(H2,1,2,3,4). The van der Waals surface area contributed by atoms with Crippen molar-refractivity contribution >= 4 is 16.1 Å². The first-order valence-electron chi connectivity index (χ1n) is 7.54. The van der Waals surface area contributed by atoms with Gasteiger partial charge in [-0.2, -0.15) is 8.42 Å². The molecule has 4 N–H and O–H groups in total. The Labute approximate surface area is 151 Å². The lowest BCUT2D eigenvalue weighted by Gasteiger charge is -2.12. The zero-order chi connectivity index (χ0) is 19.6. The van der Waals surface area contributed by atoms with Crippen molar-refractivity contribution in [3.63, 3.8) is 0 Å². The fourth-order valence-corrected chi connectivity index (χ4v) is 2.05. The van der Waals surface area contributed by atoms with Gasteiger partial charge in [0.2, 0.25) is 0 Å². The summed E-state index contributed by atoms with van der Waals surface area (Å²) in [6.07, 6.45) is 0.238. The zero-order valence-corrected chi connectivity index (χ0v) is 14.5. The molecule has 0 aliphatic rings. The van der Waals surface area contributed by atoms with Crippen LogP contribution in [-0.2, 0) is 16.8 Å². The molecule has 0 aliphatic heterocycles. The van der Waals surface area contributed by atoms with Gasteiger partial charge in [0.25, 0.3) is 5.69 Å². The monoisotopic (exact) mass is 384 g/mol. The molecule has 142 valence electrons. The number of hydrogen-bond acceptors (Lipinski definition) is 6. The Morgan fingerprint density at radius 2 is 1.58 bits per heavy atom. The Kier molecular flexibility index (Phi) is 8.82. The first-order chi connectivity index (χ1) is 12.2. The number of nitro benzene ring substituents is 1. The minimum absolute atomic E-state index is 0.103. The van der Waals surface area contributed by atoms with E-state index in [4.69, 9.17) is 17.5 Å². The first-order valence-corrected chi connectivity index (χ1v) is 8.93. The lowest BCUT2D eigenvalue weighted by atomic mass is 10.1. The van der Waals surface area contributed by atoms with Crippen LogP contribution in [0.25, 0.3) is 0 Å². The number of aliphatic hydroxyl groups is 1. The second kappa shape index (κ2) is 10.6. The van der Waals surface area contributed by atoms with Crippen molar-refractivity contribution in [1.29, 1.82) is 0 Å². The number of hydrogen-bond donors (Lipinski definition) is 4. The maximum absolute atomic E-state index is 10.5. The molecule has 9 nitrogen and oxygen atoms in total. The topological polar surface area (TPSA) is 150 Å². The predicted octanol–water partition coefficient (Wildman–Crippen LogP) is 1.81. The summed E-state index contributed by atoms with van der Waals surface area (Å²) in [5.41, 5.74) is 2.02. The average Bonchev–Trinajstić information content (AvgIpc) is 2.58. The van der Waals surface area contributed by atoms with Gasteiger partial charge in [0.15, 0.2) is 0 Å². The summed E-state index contributed by atoms with van der Waals surface area (Å²) in [6.45, 7) is 1.19. The van der Waals surface area contributed by atoms with Gasteiger partial charge in [-0.05, 0) is 24.1 Å². The van der Waals surface area contributed by atoms with Gasteiger partial charge in [0.05, 0.1) is 11.0 Å². The van der Waals surface area contributed by atoms with Gasteiger partial charge in [-0.1, -0.05) is 42.5 Å². The Morgan fingerprint density at radius 1 is 1.04 bits per heavy atom. The van der Waals surface area contributed by atoms with E-state index in [1.165, 1.54) is 12.1 Å². The largest absolute Gasteiger partial charge is 0.394 e. The molecule has 0 saturated carbocycles. The second-order valence-corrected chi connectivity index (χ2v) is 6.15. The highest BCUT2D eigenvalue weighted by Crippen LogP contribution is 2.12. The van der Waals surface area contributed by atoms with Gasteiger partial charge in [-0.25, -0.2) is 0 Å². The molecular formula is C16H20N2O7S. The van der Waals surface area contributed by atoms with Gasteiger partial charge in [-0.3, -0.25) is 19.2 Å². The van der Waals surface area contributed by atoms with Crippen molar-refractivity contribution in [2.75, 3.05) is 13.1 Å². The van der Waals surface area contributed by atoms with E-state index in [1.807, 2.05) is 30.3 Å². The molecular weight excluding hydrogens is 364 g/mol. The van der Waals surface area contributed by atoms with E-state index in [0.717, 1.165) is 17.5 Å². The molecule has 2 rings (SSSR count). The lowest BCUT2D eigenvalue weighted by molar-refractivity contribution is -0.384. The van der Waals surface area contributed by atoms with E-state index in [0.29, 0.717) is 13.1 Å². The van der Waals surface area contributed by atoms with Crippen LogP contribution in [0.3, 0.4) is 0 Å². The number of nitrogens with one attached hydrogen (secondary N) is 1. The number of nitrogens with zero attached hydrogens (tertiary/aromatic N) is 1. The second-order valence-electron chi connectivity index (χ2n) is 5.25. The van der Waals surface area contributed by atoms with Gasteiger partial charge < -0.3 is 10.4 Å². The summed E-state index contributed by atoms with van der Waals surface area (Å²) in [7, 11) is -4.67. The SMILES string of the molecule is O=S(=O)(O)O.O=[N+]([O-])c1ccc(CCNCC(O)c2ccccc2)cc1. The number of non-ortho nitro benzene ring substituents is 1. The van der Waals surface area contributed by atoms with Crippen molar-refractivity contribution < 1.29 is 27.6 Å². The molecule has 0 spiro atoms. The average molecular weight is 384 g/mol. The van der Waals surface area contributed by atoms with Gasteiger partial charge in [0, 0.05) is 18.7 Å². The molecule has 0 aromatic heterocycles. The van der Waals surface area contributed by atoms with Crippen LogP contribution in [0.4, 0.5) is 5.69 Å². The van der Waals surface area contributed by atoms with Crippen LogP contribution in [0.2, 0.25) is 0 Å². The summed E-state index contributed by atoms with van der Waals surface area (Å²) in [5, 5.41) is 23.7. The van der Waals surface area contributed by atoms with E-state index in [1.54, 1.807) is 12.1 Å². The molecule has 0 saturated heterocycles. The van der Waals surface area contributed by atoms with Crippen molar-refractivity contribution in [3.8, 4) is 0 Å². The summed E-state index contributed by atoms with van der Waals surface area (Å²) in [5.74, 6) is 0. The summed E-state index contributed by atoms with van der Waals surface area (Å²) in [4.78, 5) is 10.1. The van der Waals surface area contributed by atoms with Gasteiger partial charge in [0.1, 0.15) is 0 Å². The summed E-state index contributed by atoms with van der Waals surface area (Å²) in [6, 6.07) is 16.0. The minimum Gasteiger partial charge on any atom is -0.387 e. The minimum atomic E-state index is -4.67. The van der Waals surface area contributed by atoms with Gasteiger partial charge in [-0.15, -0.1) is 0 Å². The summed E-state index contributed by atoms with van der Waals surface area (Å²) >= 11 is 0. The third-order valence-electron chi connectivity index (χ3n) is 3.26. The molecule has 0 aliphatic carbocycles. The zero-order valence-electron chi connectivity index (χ0n) is 13.7. The fraction of sp³-hybridized carbons (Fsp3) is 0.250. The van der Waals surface area contributed by atoms with Crippen molar-refractivity contribution in [1.82, 2.24) is 5.32 Å². The highest BCUT2D eigenvalue weighted by Gasteiger charge is 2.06. The number of benzene rings is 2. The van der Waals surface area contributed by atoms with Crippen LogP contribution in [0, 0.1) is 10.1 Å². The summed E-state index contributed by atoms with van der Waals surface area (Å²) < 4.78 is 31.6. The Hall–Kier alpha value is -2.37. The van der Waals surface area contributed by atoms with E-state index >= 15 is 0 Å². The smallest absolute Gasteiger partial charge is 0.387 e. The molecule has 0 radical (unpaired) electrons. The Bertz CT molecular complexity index is 772. The Morgan fingerprint density at radius 3 is 2.08 bits per heavy atom. The molecule has 0 fully saturated rings. The molecule has 2 aromatic carbocycles. The van der Waals surface area contributed by atoms with E-state index in [-0.39, 0.29) is 5.69 Å². The molecule has 0 amide bonds. The molecule has 1 atom stereocenters. The molecule has 0 bridgehead atoms. The first kappa shape index (κ1) is 21.7. The van der Waals surface area contributed by atoms with Crippen LogP contribution in [0.1, 0.15) is 17.2 Å². The quantitative estimate of drug-likeness (QED) is 0.244. The number of rotatable bonds is 7. The Balaban J connectivity index is 0.000000597. The van der Waals surface area contributed by atoms with Crippen LogP contribution in [0.5, 0.6) is 0 Å². The maximum Gasteiger partial charge on any atom is 0.394 e. The number of aliphatic hydroxyl groups excluding tert-OH is 1. The maximum atomic E-state index is 10.5. The van der Waals surface area contributed by atoms with E-state index in [9.17, 15) is 15.2 Å². The third kappa shape index (κ3) is 9.81. The predicted molar refractivity (Wildman–Crippen MR) is 95.2 cm³/mol. The van der Waals surface area contributed by atoms with E-state index < -0.39 is 21.4 Å².